The summed E-state index contributed by atoms with van der Waals surface area (Å²) >= 11 is 5.39. The van der Waals surface area contributed by atoms with E-state index < -0.39 is 0 Å². The minimum absolute atomic E-state index is 0.737. The molecule has 0 aliphatic heterocycles. The summed E-state index contributed by atoms with van der Waals surface area (Å²) in [5, 5.41) is 5.94. The second kappa shape index (κ2) is 8.52. The van der Waals surface area contributed by atoms with E-state index in [4.69, 9.17) is 0 Å². The van der Waals surface area contributed by atoms with Gasteiger partial charge >= 0.3 is 0 Å². The molecule has 4 heteroatoms. The van der Waals surface area contributed by atoms with Gasteiger partial charge in [0.05, 0.1) is 0 Å². The maximum Gasteiger partial charge on any atom is 0.0325 e. The topological polar surface area (TPSA) is 15.3 Å². The summed E-state index contributed by atoms with van der Waals surface area (Å²) in [5.74, 6) is 0.823. The van der Waals surface area contributed by atoms with Crippen LogP contribution in [0.1, 0.15) is 43.9 Å². The van der Waals surface area contributed by atoms with Gasteiger partial charge in [-0.3, -0.25) is 0 Å². The second-order valence-corrected chi connectivity index (χ2v) is 7.94. The molecule has 0 saturated heterocycles. The molecule has 1 aromatic heterocycles. The van der Waals surface area contributed by atoms with E-state index in [1.165, 1.54) is 54.5 Å². The monoisotopic (exact) mass is 358 g/mol. The van der Waals surface area contributed by atoms with Crippen molar-refractivity contribution in [1.82, 2.24) is 10.2 Å². The van der Waals surface area contributed by atoms with E-state index in [1.807, 2.05) is 11.3 Å². The van der Waals surface area contributed by atoms with Gasteiger partial charge in [-0.05, 0) is 60.8 Å². The lowest BCUT2D eigenvalue weighted by Crippen LogP contribution is -2.43. The largest absolute Gasteiger partial charge is 0.314 e. The Kier molecular flexibility index (Phi) is 7.02. The smallest absolute Gasteiger partial charge is 0.0325 e. The average molecular weight is 359 g/mol. The standard InChI is InChI=1S/C16H27BrN2S/c1-3-8-18-16-7-5-4-6-13(16)10-19(2)11-15-9-14(17)12-20-15/h9,12-13,16,18H,3-8,10-11H2,1-2H3. The fourth-order valence-electron chi connectivity index (χ4n) is 3.19. The van der Waals surface area contributed by atoms with E-state index in [-0.39, 0.29) is 0 Å². The fraction of sp³-hybridized carbons (Fsp3) is 0.750. The van der Waals surface area contributed by atoms with Gasteiger partial charge < -0.3 is 10.2 Å². The number of nitrogens with zero attached hydrogens (tertiary/aromatic N) is 1. The van der Waals surface area contributed by atoms with E-state index in [2.05, 4.69) is 51.6 Å². The van der Waals surface area contributed by atoms with Gasteiger partial charge in [-0.1, -0.05) is 19.8 Å². The molecule has 2 nitrogen and oxygen atoms in total. The van der Waals surface area contributed by atoms with Crippen molar-refractivity contribution >= 4 is 27.3 Å². The summed E-state index contributed by atoms with van der Waals surface area (Å²) in [4.78, 5) is 3.95. The minimum Gasteiger partial charge on any atom is -0.314 e. The van der Waals surface area contributed by atoms with Crippen molar-refractivity contribution in [3.63, 3.8) is 0 Å². The molecule has 1 heterocycles. The lowest BCUT2D eigenvalue weighted by molar-refractivity contribution is 0.186. The first-order valence-electron chi connectivity index (χ1n) is 7.84. The summed E-state index contributed by atoms with van der Waals surface area (Å²) < 4.78 is 1.21. The van der Waals surface area contributed by atoms with Crippen molar-refractivity contribution < 1.29 is 0 Å². The Morgan fingerprint density at radius 3 is 2.90 bits per heavy atom. The van der Waals surface area contributed by atoms with Crippen molar-refractivity contribution in [3.05, 3.63) is 20.8 Å². The summed E-state index contributed by atoms with van der Waals surface area (Å²) in [6.07, 6.45) is 6.80. The first kappa shape index (κ1) is 16.5. The van der Waals surface area contributed by atoms with Crippen molar-refractivity contribution in [1.29, 1.82) is 0 Å². The fourth-order valence-corrected chi connectivity index (χ4v) is 4.72. The summed E-state index contributed by atoms with van der Waals surface area (Å²) in [7, 11) is 2.26. The van der Waals surface area contributed by atoms with Gasteiger partial charge in [-0.15, -0.1) is 11.3 Å². The molecule has 1 aliphatic carbocycles. The molecule has 1 saturated carbocycles. The molecule has 0 spiro atoms. The van der Waals surface area contributed by atoms with Crippen LogP contribution < -0.4 is 5.32 Å². The highest BCUT2D eigenvalue weighted by atomic mass is 79.9. The molecule has 2 rings (SSSR count). The third-order valence-electron chi connectivity index (χ3n) is 4.16. The third-order valence-corrected chi connectivity index (χ3v) is 5.84. The zero-order valence-electron chi connectivity index (χ0n) is 12.7. The Morgan fingerprint density at radius 1 is 1.40 bits per heavy atom. The third kappa shape index (κ3) is 5.14. The molecular formula is C16H27BrN2S. The summed E-state index contributed by atoms with van der Waals surface area (Å²) in [6, 6.07) is 2.98. The lowest BCUT2D eigenvalue weighted by Gasteiger charge is -2.35. The molecule has 2 atom stereocenters. The average Bonchev–Trinajstić information content (AvgIpc) is 2.83. The summed E-state index contributed by atoms with van der Waals surface area (Å²) in [5.41, 5.74) is 0. The van der Waals surface area contributed by atoms with Gasteiger partial charge in [-0.2, -0.15) is 0 Å². The lowest BCUT2D eigenvalue weighted by atomic mass is 9.84. The highest BCUT2D eigenvalue weighted by Gasteiger charge is 2.25. The van der Waals surface area contributed by atoms with Crippen molar-refractivity contribution in [2.24, 2.45) is 5.92 Å². The zero-order valence-corrected chi connectivity index (χ0v) is 15.1. The molecule has 0 amide bonds. The van der Waals surface area contributed by atoms with Crippen LogP contribution in [0, 0.1) is 5.92 Å². The van der Waals surface area contributed by atoms with Crippen LogP contribution in [0.4, 0.5) is 0 Å². The van der Waals surface area contributed by atoms with Crippen LogP contribution in [-0.2, 0) is 6.54 Å². The van der Waals surface area contributed by atoms with Crippen LogP contribution in [0.15, 0.2) is 15.9 Å². The Labute approximate surface area is 136 Å². The number of nitrogens with one attached hydrogen (secondary N) is 1. The zero-order chi connectivity index (χ0) is 14.4. The molecule has 1 aliphatic rings. The Hall–Kier alpha value is 0.1000. The van der Waals surface area contributed by atoms with E-state index >= 15 is 0 Å². The first-order valence-corrected chi connectivity index (χ1v) is 9.51. The second-order valence-electron chi connectivity index (χ2n) is 6.03. The SMILES string of the molecule is CCCNC1CCCCC1CN(C)Cc1cc(Br)cs1. The highest BCUT2D eigenvalue weighted by Crippen LogP contribution is 2.26. The van der Waals surface area contributed by atoms with E-state index in [0.717, 1.165) is 18.5 Å². The number of hydrogen-bond acceptors (Lipinski definition) is 3. The van der Waals surface area contributed by atoms with E-state index in [1.54, 1.807) is 0 Å². The maximum absolute atomic E-state index is 3.76. The molecule has 1 aromatic rings. The minimum atomic E-state index is 0.737. The molecule has 1 fully saturated rings. The molecule has 1 N–H and O–H groups in total. The highest BCUT2D eigenvalue weighted by molar-refractivity contribution is 9.10. The predicted molar refractivity (Wildman–Crippen MR) is 92.4 cm³/mol. The first-order chi connectivity index (χ1) is 9.69. The maximum atomic E-state index is 3.76. The van der Waals surface area contributed by atoms with Gasteiger partial charge in [0.25, 0.3) is 0 Å². The van der Waals surface area contributed by atoms with Crippen LogP contribution >= 0.6 is 27.3 Å². The predicted octanol–water partition coefficient (Wildman–Crippen LogP) is 4.50. The number of hydrogen-bond donors (Lipinski definition) is 1. The van der Waals surface area contributed by atoms with Crippen molar-refractivity contribution in [2.75, 3.05) is 20.1 Å². The van der Waals surface area contributed by atoms with Crippen LogP contribution in [0.5, 0.6) is 0 Å². The molecular weight excluding hydrogens is 332 g/mol. The van der Waals surface area contributed by atoms with E-state index in [9.17, 15) is 0 Å². The van der Waals surface area contributed by atoms with Gasteiger partial charge in [0.15, 0.2) is 0 Å². The van der Waals surface area contributed by atoms with E-state index in [0.29, 0.717) is 0 Å². The van der Waals surface area contributed by atoms with Gasteiger partial charge in [0, 0.05) is 33.9 Å². The molecule has 0 bridgehead atoms. The number of thiophene rings is 1. The van der Waals surface area contributed by atoms with Gasteiger partial charge in [-0.25, -0.2) is 0 Å². The quantitative estimate of drug-likeness (QED) is 0.771. The van der Waals surface area contributed by atoms with Gasteiger partial charge in [0.1, 0.15) is 0 Å². The van der Waals surface area contributed by atoms with Crippen molar-refractivity contribution in [3.8, 4) is 0 Å². The number of halogens is 1. The van der Waals surface area contributed by atoms with Gasteiger partial charge in [0.2, 0.25) is 0 Å². The molecule has 20 heavy (non-hydrogen) atoms. The Bertz CT molecular complexity index is 394. The molecule has 0 aromatic carbocycles. The normalized spacial score (nSPS) is 23.4. The molecule has 2 unspecified atom stereocenters. The molecule has 0 radical (unpaired) electrons. The number of rotatable bonds is 7. The Morgan fingerprint density at radius 2 is 2.20 bits per heavy atom. The van der Waals surface area contributed by atoms with Crippen LogP contribution in [0.25, 0.3) is 0 Å². The summed E-state index contributed by atoms with van der Waals surface area (Å²) in [6.45, 7) is 5.72. The Balaban J connectivity index is 1.82. The molecule has 114 valence electrons. The van der Waals surface area contributed by atoms with Crippen LogP contribution in [0.2, 0.25) is 0 Å². The van der Waals surface area contributed by atoms with Crippen LogP contribution in [-0.4, -0.2) is 31.1 Å². The van der Waals surface area contributed by atoms with Crippen LogP contribution in [0.3, 0.4) is 0 Å². The van der Waals surface area contributed by atoms with Crippen molar-refractivity contribution in [2.45, 2.75) is 51.6 Å².